The summed E-state index contributed by atoms with van der Waals surface area (Å²) in [6.45, 7) is -0.353. The summed E-state index contributed by atoms with van der Waals surface area (Å²) in [6, 6.07) is 10.7. The van der Waals surface area contributed by atoms with E-state index in [2.05, 4.69) is 0 Å². The Morgan fingerprint density at radius 1 is 1.09 bits per heavy atom. The van der Waals surface area contributed by atoms with E-state index in [1.807, 2.05) is 0 Å². The number of nitro groups is 1. The fourth-order valence-corrected chi connectivity index (χ4v) is 1.98. The molecule has 0 aliphatic heterocycles. The van der Waals surface area contributed by atoms with E-state index in [1.54, 1.807) is 18.2 Å². The molecule has 23 heavy (non-hydrogen) atoms. The molecule has 2 rings (SSSR count). The van der Waals surface area contributed by atoms with Crippen LogP contribution in [0.1, 0.15) is 10.4 Å². The monoisotopic (exact) mass is 317 g/mol. The lowest BCUT2D eigenvalue weighted by atomic mass is 10.1. The van der Waals surface area contributed by atoms with Gasteiger partial charge in [0.15, 0.2) is 12.4 Å². The SMILES string of the molecule is COc1ccc(OC)c(C(=O)COc2ccccc2[N+](=O)[O-])c1. The van der Waals surface area contributed by atoms with Crippen molar-refractivity contribution >= 4 is 11.5 Å². The zero-order valence-electron chi connectivity index (χ0n) is 12.6. The standard InChI is InChI=1S/C16H15NO6/c1-21-11-7-8-15(22-2)12(9-11)14(18)10-23-16-6-4-3-5-13(16)17(19)20/h3-9H,10H2,1-2H3. The Morgan fingerprint density at radius 2 is 1.83 bits per heavy atom. The summed E-state index contributed by atoms with van der Waals surface area (Å²) < 4.78 is 15.5. The van der Waals surface area contributed by atoms with Gasteiger partial charge in [-0.1, -0.05) is 12.1 Å². The zero-order valence-corrected chi connectivity index (χ0v) is 12.6. The Labute approximate surface area is 132 Å². The Bertz CT molecular complexity index is 728. The molecule has 7 heteroatoms. The van der Waals surface area contributed by atoms with Crippen LogP contribution < -0.4 is 14.2 Å². The second kappa shape index (κ2) is 7.26. The summed E-state index contributed by atoms with van der Waals surface area (Å²) >= 11 is 0. The van der Waals surface area contributed by atoms with Crippen LogP contribution in [-0.2, 0) is 0 Å². The first-order valence-corrected chi connectivity index (χ1v) is 6.68. The highest BCUT2D eigenvalue weighted by molar-refractivity contribution is 6.00. The van der Waals surface area contributed by atoms with Gasteiger partial charge in [-0.05, 0) is 24.3 Å². The van der Waals surface area contributed by atoms with Crippen LogP contribution >= 0.6 is 0 Å². The predicted octanol–water partition coefficient (Wildman–Crippen LogP) is 2.87. The molecule has 0 spiro atoms. The highest BCUT2D eigenvalue weighted by Gasteiger charge is 2.18. The first-order valence-electron chi connectivity index (χ1n) is 6.68. The van der Waals surface area contributed by atoms with Crippen molar-refractivity contribution in [3.8, 4) is 17.2 Å². The topological polar surface area (TPSA) is 87.9 Å². The lowest BCUT2D eigenvalue weighted by molar-refractivity contribution is -0.385. The minimum Gasteiger partial charge on any atom is -0.497 e. The van der Waals surface area contributed by atoms with Crippen LogP contribution in [0.3, 0.4) is 0 Å². The lowest BCUT2D eigenvalue weighted by Gasteiger charge is -2.10. The Hall–Kier alpha value is -3.09. The van der Waals surface area contributed by atoms with Gasteiger partial charge in [0, 0.05) is 6.07 Å². The average molecular weight is 317 g/mol. The van der Waals surface area contributed by atoms with E-state index < -0.39 is 4.92 Å². The number of hydrogen-bond donors (Lipinski definition) is 0. The molecule has 2 aromatic rings. The van der Waals surface area contributed by atoms with Gasteiger partial charge in [0.05, 0.1) is 24.7 Å². The molecule has 0 fully saturated rings. The predicted molar refractivity (Wildman–Crippen MR) is 82.5 cm³/mol. The molecule has 7 nitrogen and oxygen atoms in total. The molecule has 0 aromatic heterocycles. The maximum atomic E-state index is 12.3. The van der Waals surface area contributed by atoms with Crippen LogP contribution in [0.25, 0.3) is 0 Å². The van der Waals surface area contributed by atoms with Gasteiger partial charge in [-0.25, -0.2) is 0 Å². The average Bonchev–Trinajstić information content (AvgIpc) is 2.59. The second-order valence-electron chi connectivity index (χ2n) is 4.50. The number of hydrogen-bond acceptors (Lipinski definition) is 6. The van der Waals surface area contributed by atoms with Crippen LogP contribution in [0, 0.1) is 10.1 Å². The van der Waals surface area contributed by atoms with Crippen molar-refractivity contribution in [1.82, 2.24) is 0 Å². The highest BCUT2D eigenvalue weighted by atomic mass is 16.6. The van der Waals surface area contributed by atoms with E-state index in [-0.39, 0.29) is 29.4 Å². The Morgan fingerprint density at radius 3 is 2.48 bits per heavy atom. The lowest BCUT2D eigenvalue weighted by Crippen LogP contribution is -2.13. The number of benzene rings is 2. The number of rotatable bonds is 7. The van der Waals surface area contributed by atoms with Crippen LogP contribution in [0.4, 0.5) is 5.69 Å². The molecular formula is C16H15NO6. The Kier molecular flexibility index (Phi) is 5.14. The number of carbonyl (C=O) groups excluding carboxylic acids is 1. The minimum atomic E-state index is -0.564. The van der Waals surface area contributed by atoms with Crippen molar-refractivity contribution in [2.75, 3.05) is 20.8 Å². The first-order chi connectivity index (χ1) is 11.1. The molecular weight excluding hydrogens is 302 g/mol. The van der Waals surface area contributed by atoms with Crippen molar-refractivity contribution in [3.63, 3.8) is 0 Å². The minimum absolute atomic E-state index is 0.0349. The molecule has 0 amide bonds. The number of methoxy groups -OCH3 is 2. The summed E-state index contributed by atoms with van der Waals surface area (Å²) in [5.74, 6) is 0.536. The van der Waals surface area contributed by atoms with Crippen LogP contribution in [-0.4, -0.2) is 31.5 Å². The molecule has 0 saturated heterocycles. The van der Waals surface area contributed by atoms with E-state index in [0.717, 1.165) is 0 Å². The molecule has 0 saturated carbocycles. The van der Waals surface area contributed by atoms with E-state index >= 15 is 0 Å². The Balaban J connectivity index is 2.19. The van der Waals surface area contributed by atoms with Gasteiger partial charge >= 0.3 is 5.69 Å². The highest BCUT2D eigenvalue weighted by Crippen LogP contribution is 2.27. The number of para-hydroxylation sites is 2. The van der Waals surface area contributed by atoms with Crippen LogP contribution in [0.5, 0.6) is 17.2 Å². The molecule has 120 valence electrons. The summed E-state index contributed by atoms with van der Waals surface area (Å²) in [5, 5.41) is 10.9. The fraction of sp³-hybridized carbons (Fsp3) is 0.188. The van der Waals surface area contributed by atoms with Crippen molar-refractivity contribution in [1.29, 1.82) is 0 Å². The normalized spacial score (nSPS) is 10.0. The van der Waals surface area contributed by atoms with Crippen molar-refractivity contribution < 1.29 is 23.9 Å². The quantitative estimate of drug-likeness (QED) is 0.443. The number of carbonyl (C=O) groups is 1. The smallest absolute Gasteiger partial charge is 0.310 e. The first kappa shape index (κ1) is 16.3. The van der Waals surface area contributed by atoms with Crippen molar-refractivity contribution in [2.45, 2.75) is 0 Å². The second-order valence-corrected chi connectivity index (χ2v) is 4.50. The zero-order chi connectivity index (χ0) is 16.8. The van der Waals surface area contributed by atoms with Crippen LogP contribution in [0.2, 0.25) is 0 Å². The van der Waals surface area contributed by atoms with Gasteiger partial charge in [-0.15, -0.1) is 0 Å². The number of Topliss-reactive ketones (excluding diaryl/α,β-unsaturated/α-hetero) is 1. The molecule has 0 aliphatic rings. The van der Waals surface area contributed by atoms with E-state index in [0.29, 0.717) is 11.5 Å². The van der Waals surface area contributed by atoms with E-state index in [4.69, 9.17) is 14.2 Å². The number of ether oxygens (including phenoxy) is 3. The van der Waals surface area contributed by atoms with Crippen LogP contribution in [0.15, 0.2) is 42.5 Å². The van der Waals surface area contributed by atoms with Gasteiger partial charge < -0.3 is 14.2 Å². The third-order valence-corrected chi connectivity index (χ3v) is 3.13. The summed E-state index contributed by atoms with van der Waals surface area (Å²) in [6.07, 6.45) is 0. The number of ketones is 1. The fourth-order valence-electron chi connectivity index (χ4n) is 1.98. The molecule has 0 bridgehead atoms. The van der Waals surface area contributed by atoms with E-state index in [1.165, 1.54) is 38.5 Å². The number of nitro benzene ring substituents is 1. The molecule has 0 aliphatic carbocycles. The van der Waals surface area contributed by atoms with Gasteiger partial charge in [-0.3, -0.25) is 14.9 Å². The third kappa shape index (κ3) is 3.76. The molecule has 0 radical (unpaired) electrons. The van der Waals surface area contributed by atoms with E-state index in [9.17, 15) is 14.9 Å². The molecule has 2 aromatic carbocycles. The maximum absolute atomic E-state index is 12.3. The molecule has 0 heterocycles. The van der Waals surface area contributed by atoms with Crippen molar-refractivity contribution in [2.24, 2.45) is 0 Å². The van der Waals surface area contributed by atoms with Gasteiger partial charge in [0.25, 0.3) is 0 Å². The third-order valence-electron chi connectivity index (χ3n) is 3.13. The largest absolute Gasteiger partial charge is 0.497 e. The summed E-state index contributed by atoms with van der Waals surface area (Å²) in [5.41, 5.74) is 0.0864. The maximum Gasteiger partial charge on any atom is 0.310 e. The van der Waals surface area contributed by atoms with Gasteiger partial charge in [0.2, 0.25) is 5.78 Å². The summed E-state index contributed by atoms with van der Waals surface area (Å²) in [4.78, 5) is 22.7. The molecule has 0 N–H and O–H groups in total. The van der Waals surface area contributed by atoms with Gasteiger partial charge in [-0.2, -0.15) is 0 Å². The van der Waals surface area contributed by atoms with Gasteiger partial charge in [0.1, 0.15) is 11.5 Å². The molecule has 0 atom stereocenters. The molecule has 0 unspecified atom stereocenters. The number of nitrogens with zero attached hydrogens (tertiary/aromatic N) is 1. The summed E-state index contributed by atoms with van der Waals surface area (Å²) in [7, 11) is 2.93. The van der Waals surface area contributed by atoms with Crippen molar-refractivity contribution in [3.05, 3.63) is 58.1 Å².